The van der Waals surface area contributed by atoms with Crippen LogP contribution in [0.1, 0.15) is 15.9 Å². The Kier molecular flexibility index (Phi) is 5.95. The standard InChI is InChI=1S/C26H19N3O3S/c30-25(19-12-14-20(15-13-19)31-17-18-7-2-1-3-8-18)27-22-10-5-4-9-21(22)26-28-24(29-32-26)23-11-6-16-33-23/h1-16H,17H2,(H,27,30). The number of aromatic nitrogens is 2. The summed E-state index contributed by atoms with van der Waals surface area (Å²) in [5.41, 5.74) is 2.85. The molecule has 5 aromatic rings. The average molecular weight is 454 g/mol. The number of hydrogen-bond donors (Lipinski definition) is 1. The number of carbonyl (C=O) groups is 1. The van der Waals surface area contributed by atoms with Gasteiger partial charge in [0.25, 0.3) is 11.8 Å². The van der Waals surface area contributed by atoms with Crippen LogP contribution in [0, 0.1) is 0 Å². The number of carbonyl (C=O) groups excluding carboxylic acids is 1. The summed E-state index contributed by atoms with van der Waals surface area (Å²) in [5.74, 6) is 1.32. The van der Waals surface area contributed by atoms with Crippen molar-refractivity contribution in [3.63, 3.8) is 0 Å². The van der Waals surface area contributed by atoms with Gasteiger partial charge in [0.1, 0.15) is 12.4 Å². The van der Waals surface area contributed by atoms with Crippen molar-refractivity contribution in [1.82, 2.24) is 10.1 Å². The molecule has 0 radical (unpaired) electrons. The van der Waals surface area contributed by atoms with Crippen molar-refractivity contribution < 1.29 is 14.1 Å². The minimum absolute atomic E-state index is 0.241. The molecule has 0 spiro atoms. The van der Waals surface area contributed by atoms with E-state index >= 15 is 0 Å². The molecule has 162 valence electrons. The lowest BCUT2D eigenvalue weighted by molar-refractivity contribution is 0.102. The summed E-state index contributed by atoms with van der Waals surface area (Å²) in [5, 5.41) is 8.96. The van der Waals surface area contributed by atoms with Crippen molar-refractivity contribution in [2.45, 2.75) is 6.61 Å². The molecule has 2 aromatic heterocycles. The largest absolute Gasteiger partial charge is 0.489 e. The zero-order valence-corrected chi connectivity index (χ0v) is 18.3. The maximum Gasteiger partial charge on any atom is 0.260 e. The van der Waals surface area contributed by atoms with E-state index in [9.17, 15) is 4.79 Å². The van der Waals surface area contributed by atoms with Crippen molar-refractivity contribution in [2.24, 2.45) is 0 Å². The number of anilines is 1. The number of nitrogens with zero attached hydrogens (tertiary/aromatic N) is 2. The number of para-hydroxylation sites is 1. The van der Waals surface area contributed by atoms with Crippen LogP contribution in [0.4, 0.5) is 5.69 Å². The zero-order valence-electron chi connectivity index (χ0n) is 17.5. The highest BCUT2D eigenvalue weighted by Gasteiger charge is 2.16. The molecule has 5 rings (SSSR count). The summed E-state index contributed by atoms with van der Waals surface area (Å²) in [4.78, 5) is 18.3. The lowest BCUT2D eigenvalue weighted by atomic mass is 10.1. The van der Waals surface area contributed by atoms with E-state index in [0.29, 0.717) is 40.9 Å². The fourth-order valence-corrected chi connectivity index (χ4v) is 3.90. The molecule has 0 saturated carbocycles. The van der Waals surface area contributed by atoms with Crippen molar-refractivity contribution in [3.8, 4) is 27.9 Å². The van der Waals surface area contributed by atoms with Crippen LogP contribution in [0.25, 0.3) is 22.2 Å². The summed E-state index contributed by atoms with van der Waals surface area (Å²) in [7, 11) is 0. The molecule has 2 heterocycles. The van der Waals surface area contributed by atoms with Gasteiger partial charge in [-0.1, -0.05) is 53.7 Å². The topological polar surface area (TPSA) is 77.3 Å². The molecule has 1 N–H and O–H groups in total. The Bertz CT molecular complexity index is 1350. The van der Waals surface area contributed by atoms with Crippen molar-refractivity contribution in [3.05, 3.63) is 108 Å². The zero-order chi connectivity index (χ0) is 22.5. The Morgan fingerprint density at radius 1 is 0.909 bits per heavy atom. The second-order valence-corrected chi connectivity index (χ2v) is 8.15. The van der Waals surface area contributed by atoms with Crippen LogP contribution >= 0.6 is 11.3 Å². The third kappa shape index (κ3) is 4.83. The summed E-state index contributed by atoms with van der Waals surface area (Å²) < 4.78 is 11.3. The number of hydrogen-bond acceptors (Lipinski definition) is 6. The van der Waals surface area contributed by atoms with Crippen LogP contribution in [0.15, 0.2) is 101 Å². The van der Waals surface area contributed by atoms with Crippen molar-refractivity contribution in [2.75, 3.05) is 5.32 Å². The number of amides is 1. The summed E-state index contributed by atoms with van der Waals surface area (Å²) in [6.45, 7) is 0.470. The van der Waals surface area contributed by atoms with Gasteiger partial charge < -0.3 is 14.6 Å². The highest BCUT2D eigenvalue weighted by Crippen LogP contribution is 2.30. The van der Waals surface area contributed by atoms with Crippen LogP contribution in [-0.4, -0.2) is 16.0 Å². The Labute approximate surface area is 194 Å². The predicted octanol–water partition coefficient (Wildman–Crippen LogP) is 6.30. The second kappa shape index (κ2) is 9.50. The van der Waals surface area contributed by atoms with Gasteiger partial charge in [0, 0.05) is 5.56 Å². The van der Waals surface area contributed by atoms with Gasteiger partial charge in [-0.15, -0.1) is 11.3 Å². The fourth-order valence-electron chi connectivity index (χ4n) is 3.26. The van der Waals surface area contributed by atoms with E-state index < -0.39 is 0 Å². The molecule has 0 aliphatic rings. The van der Waals surface area contributed by atoms with Gasteiger partial charge in [0.05, 0.1) is 16.1 Å². The average Bonchev–Trinajstić information content (AvgIpc) is 3.56. The fraction of sp³-hybridized carbons (Fsp3) is 0.0385. The molecule has 0 unspecified atom stereocenters. The molecule has 6 nitrogen and oxygen atoms in total. The lowest BCUT2D eigenvalue weighted by Gasteiger charge is -2.10. The maximum absolute atomic E-state index is 12.9. The van der Waals surface area contributed by atoms with Crippen molar-refractivity contribution in [1.29, 1.82) is 0 Å². The van der Waals surface area contributed by atoms with E-state index in [1.807, 2.05) is 66.0 Å². The van der Waals surface area contributed by atoms with Crippen LogP contribution < -0.4 is 10.1 Å². The molecule has 7 heteroatoms. The van der Waals surface area contributed by atoms with Gasteiger partial charge in [-0.3, -0.25) is 4.79 Å². The maximum atomic E-state index is 12.9. The molecule has 0 saturated heterocycles. The minimum Gasteiger partial charge on any atom is -0.489 e. The number of thiophene rings is 1. The van der Waals surface area contributed by atoms with Gasteiger partial charge in [0.15, 0.2) is 0 Å². The molecule has 3 aromatic carbocycles. The first-order valence-corrected chi connectivity index (χ1v) is 11.2. The van der Waals surface area contributed by atoms with Gasteiger partial charge in [-0.2, -0.15) is 4.98 Å². The number of nitrogens with one attached hydrogen (secondary N) is 1. The van der Waals surface area contributed by atoms with Gasteiger partial charge >= 0.3 is 0 Å². The first kappa shape index (κ1) is 20.7. The van der Waals surface area contributed by atoms with E-state index in [1.54, 1.807) is 30.3 Å². The van der Waals surface area contributed by atoms with E-state index in [0.717, 1.165) is 10.4 Å². The third-order valence-electron chi connectivity index (χ3n) is 4.94. The second-order valence-electron chi connectivity index (χ2n) is 7.20. The number of rotatable bonds is 7. The molecule has 0 fully saturated rings. The Morgan fingerprint density at radius 3 is 2.48 bits per heavy atom. The molecule has 33 heavy (non-hydrogen) atoms. The Hall–Kier alpha value is -4.23. The van der Waals surface area contributed by atoms with E-state index in [4.69, 9.17) is 9.26 Å². The molecule has 0 atom stereocenters. The van der Waals surface area contributed by atoms with Crippen LogP contribution in [0.2, 0.25) is 0 Å². The van der Waals surface area contributed by atoms with Crippen LogP contribution in [0.5, 0.6) is 5.75 Å². The van der Waals surface area contributed by atoms with E-state index in [1.165, 1.54) is 11.3 Å². The quantitative estimate of drug-likeness (QED) is 0.313. The van der Waals surface area contributed by atoms with Crippen LogP contribution in [0.3, 0.4) is 0 Å². The molecular formula is C26H19N3O3S. The first-order valence-electron chi connectivity index (χ1n) is 10.3. The Balaban J connectivity index is 1.28. The smallest absolute Gasteiger partial charge is 0.260 e. The molecule has 0 aliphatic heterocycles. The van der Waals surface area contributed by atoms with Gasteiger partial charge in [0.2, 0.25) is 5.82 Å². The van der Waals surface area contributed by atoms with Crippen molar-refractivity contribution >= 4 is 22.9 Å². The van der Waals surface area contributed by atoms with Gasteiger partial charge in [-0.05, 0) is 53.4 Å². The lowest BCUT2D eigenvalue weighted by Crippen LogP contribution is -2.12. The number of ether oxygens (including phenoxy) is 1. The minimum atomic E-state index is -0.241. The van der Waals surface area contributed by atoms with E-state index in [-0.39, 0.29) is 5.91 Å². The third-order valence-corrected chi connectivity index (χ3v) is 5.80. The molecule has 1 amide bonds. The van der Waals surface area contributed by atoms with Crippen LogP contribution in [-0.2, 0) is 6.61 Å². The molecular weight excluding hydrogens is 434 g/mol. The summed E-state index contributed by atoms with van der Waals surface area (Å²) in [6, 6.07) is 28.2. The predicted molar refractivity (Wildman–Crippen MR) is 128 cm³/mol. The summed E-state index contributed by atoms with van der Waals surface area (Å²) >= 11 is 1.53. The number of benzene rings is 3. The van der Waals surface area contributed by atoms with Gasteiger partial charge in [-0.25, -0.2) is 0 Å². The Morgan fingerprint density at radius 2 is 1.70 bits per heavy atom. The highest BCUT2D eigenvalue weighted by molar-refractivity contribution is 7.13. The highest BCUT2D eigenvalue weighted by atomic mass is 32.1. The SMILES string of the molecule is O=C(Nc1ccccc1-c1nc(-c2cccs2)no1)c1ccc(OCc2ccccc2)cc1. The molecule has 0 bridgehead atoms. The first-order chi connectivity index (χ1) is 16.3. The normalized spacial score (nSPS) is 10.7. The summed E-state index contributed by atoms with van der Waals surface area (Å²) in [6.07, 6.45) is 0. The van der Waals surface area contributed by atoms with E-state index in [2.05, 4.69) is 15.5 Å². The monoisotopic (exact) mass is 453 g/mol. The molecule has 0 aliphatic carbocycles.